The van der Waals surface area contributed by atoms with Gasteiger partial charge in [0.2, 0.25) is 15.8 Å². The molecule has 26 heavy (non-hydrogen) atoms. The van der Waals surface area contributed by atoms with Gasteiger partial charge in [-0.05, 0) is 25.7 Å². The van der Waals surface area contributed by atoms with Crippen molar-refractivity contribution >= 4 is 15.9 Å². The molecular formula is C18H23N3O4S. The van der Waals surface area contributed by atoms with Crippen LogP contribution in [0.3, 0.4) is 0 Å². The molecular weight excluding hydrogens is 354 g/mol. The molecule has 2 heterocycles. The molecule has 1 atom stereocenters. The summed E-state index contributed by atoms with van der Waals surface area (Å²) in [6.45, 7) is 3.48. The van der Waals surface area contributed by atoms with Crippen molar-refractivity contribution in [2.75, 3.05) is 25.9 Å². The van der Waals surface area contributed by atoms with Crippen molar-refractivity contribution in [1.82, 2.24) is 14.8 Å². The molecule has 0 spiro atoms. The van der Waals surface area contributed by atoms with Gasteiger partial charge in [0.25, 0.3) is 5.91 Å². The summed E-state index contributed by atoms with van der Waals surface area (Å²) in [6.07, 6.45) is 2.86. The van der Waals surface area contributed by atoms with E-state index in [0.29, 0.717) is 25.3 Å². The van der Waals surface area contributed by atoms with E-state index in [1.165, 1.54) is 0 Å². The zero-order valence-electron chi connectivity index (χ0n) is 14.9. The largest absolute Gasteiger partial charge is 0.350 e. The number of likely N-dealkylation sites (tertiary alicyclic amines) is 1. The van der Waals surface area contributed by atoms with Gasteiger partial charge in [0, 0.05) is 31.3 Å². The highest BCUT2D eigenvalue weighted by molar-refractivity contribution is 7.88. The van der Waals surface area contributed by atoms with E-state index >= 15 is 0 Å². The summed E-state index contributed by atoms with van der Waals surface area (Å²) in [5.41, 5.74) is 2.67. The number of benzene rings is 1. The number of sulfonamides is 1. The zero-order valence-corrected chi connectivity index (χ0v) is 15.8. The van der Waals surface area contributed by atoms with Crippen molar-refractivity contribution in [3.05, 3.63) is 41.7 Å². The Labute approximate surface area is 153 Å². The van der Waals surface area contributed by atoms with E-state index in [9.17, 15) is 13.2 Å². The monoisotopic (exact) mass is 377 g/mol. The van der Waals surface area contributed by atoms with Crippen LogP contribution in [0.4, 0.5) is 0 Å². The fraction of sp³-hybridized carbons (Fsp3) is 0.444. The minimum Gasteiger partial charge on any atom is -0.350 e. The molecule has 0 saturated carbocycles. The zero-order chi connectivity index (χ0) is 18.7. The van der Waals surface area contributed by atoms with E-state index in [0.717, 1.165) is 30.2 Å². The van der Waals surface area contributed by atoms with Crippen molar-refractivity contribution in [2.45, 2.75) is 19.8 Å². The second-order valence-electron chi connectivity index (χ2n) is 6.82. The third kappa shape index (κ3) is 4.70. The number of amides is 1. The lowest BCUT2D eigenvalue weighted by atomic mass is 9.98. The molecule has 8 heteroatoms. The van der Waals surface area contributed by atoms with E-state index in [4.69, 9.17) is 4.52 Å². The molecule has 140 valence electrons. The first-order valence-electron chi connectivity index (χ1n) is 8.59. The van der Waals surface area contributed by atoms with Gasteiger partial charge in [-0.15, -0.1) is 0 Å². The molecule has 0 unspecified atom stereocenters. The molecule has 1 N–H and O–H groups in total. The van der Waals surface area contributed by atoms with E-state index in [1.807, 2.05) is 31.2 Å². The second kappa shape index (κ2) is 7.59. The Morgan fingerprint density at radius 3 is 2.77 bits per heavy atom. The number of hydrogen-bond donors (Lipinski definition) is 1. The molecule has 1 aromatic heterocycles. The third-order valence-electron chi connectivity index (χ3n) is 4.51. The van der Waals surface area contributed by atoms with Gasteiger partial charge >= 0.3 is 0 Å². The molecule has 0 radical (unpaired) electrons. The predicted molar refractivity (Wildman–Crippen MR) is 98.2 cm³/mol. The van der Waals surface area contributed by atoms with Crippen LogP contribution in [0.25, 0.3) is 11.3 Å². The number of rotatable bonds is 5. The van der Waals surface area contributed by atoms with Crippen LogP contribution >= 0.6 is 0 Å². The standard InChI is InChI=1S/C18H23N3O4S/c1-13-5-7-15(8-6-13)16-10-17(25-20-16)18(22)21-9-3-4-14(12-21)11-19-26(2,23)24/h5-8,10,14,19H,3-4,9,11-12H2,1-2H3/t14-/m1/s1. The van der Waals surface area contributed by atoms with Crippen LogP contribution < -0.4 is 4.72 Å². The molecule has 1 amide bonds. The molecule has 1 aromatic carbocycles. The summed E-state index contributed by atoms with van der Waals surface area (Å²) < 4.78 is 30.3. The number of carbonyl (C=O) groups is 1. The number of aromatic nitrogens is 1. The Kier molecular flexibility index (Phi) is 5.43. The van der Waals surface area contributed by atoms with E-state index in [-0.39, 0.29) is 17.6 Å². The molecule has 0 aliphatic carbocycles. The molecule has 1 aliphatic heterocycles. The first kappa shape index (κ1) is 18.6. The van der Waals surface area contributed by atoms with E-state index < -0.39 is 10.0 Å². The molecule has 0 bridgehead atoms. The molecule has 2 aromatic rings. The summed E-state index contributed by atoms with van der Waals surface area (Å²) in [7, 11) is -3.23. The fourth-order valence-electron chi connectivity index (χ4n) is 3.08. The molecule has 1 saturated heterocycles. The van der Waals surface area contributed by atoms with Crippen LogP contribution in [0.1, 0.15) is 29.0 Å². The Bertz CT molecular complexity index is 874. The molecule has 3 rings (SSSR count). The van der Waals surface area contributed by atoms with Gasteiger partial charge in [-0.3, -0.25) is 4.79 Å². The first-order chi connectivity index (χ1) is 12.3. The van der Waals surface area contributed by atoms with Gasteiger partial charge in [0.15, 0.2) is 0 Å². The third-order valence-corrected chi connectivity index (χ3v) is 5.20. The maximum atomic E-state index is 12.7. The van der Waals surface area contributed by atoms with Crippen molar-refractivity contribution < 1.29 is 17.7 Å². The van der Waals surface area contributed by atoms with Crippen LogP contribution in [0.2, 0.25) is 0 Å². The Balaban J connectivity index is 1.66. The number of hydrogen-bond acceptors (Lipinski definition) is 5. The lowest BCUT2D eigenvalue weighted by molar-refractivity contribution is 0.0634. The lowest BCUT2D eigenvalue weighted by Crippen LogP contribution is -2.43. The minimum atomic E-state index is -3.23. The van der Waals surface area contributed by atoms with E-state index in [2.05, 4.69) is 9.88 Å². The summed E-state index contributed by atoms with van der Waals surface area (Å²) in [6, 6.07) is 9.50. The topological polar surface area (TPSA) is 92.5 Å². The van der Waals surface area contributed by atoms with Crippen LogP contribution in [0, 0.1) is 12.8 Å². The maximum Gasteiger partial charge on any atom is 0.292 e. The summed E-state index contributed by atoms with van der Waals surface area (Å²) >= 11 is 0. The Morgan fingerprint density at radius 1 is 1.35 bits per heavy atom. The van der Waals surface area contributed by atoms with Gasteiger partial charge in [-0.2, -0.15) is 0 Å². The summed E-state index contributed by atoms with van der Waals surface area (Å²) in [5.74, 6) is 0.0964. The van der Waals surface area contributed by atoms with Crippen molar-refractivity contribution in [2.24, 2.45) is 5.92 Å². The molecule has 7 nitrogen and oxygen atoms in total. The van der Waals surface area contributed by atoms with Crippen LogP contribution in [0.15, 0.2) is 34.9 Å². The predicted octanol–water partition coefficient (Wildman–Crippen LogP) is 2.05. The van der Waals surface area contributed by atoms with Gasteiger partial charge < -0.3 is 9.42 Å². The normalized spacial score (nSPS) is 18.1. The number of carbonyl (C=O) groups excluding carboxylic acids is 1. The summed E-state index contributed by atoms with van der Waals surface area (Å²) in [5, 5.41) is 4.01. The van der Waals surface area contributed by atoms with Crippen LogP contribution in [0.5, 0.6) is 0 Å². The first-order valence-corrected chi connectivity index (χ1v) is 10.5. The highest BCUT2D eigenvalue weighted by Gasteiger charge is 2.27. The van der Waals surface area contributed by atoms with Gasteiger partial charge in [-0.1, -0.05) is 35.0 Å². The lowest BCUT2D eigenvalue weighted by Gasteiger charge is -2.32. The average Bonchev–Trinajstić information content (AvgIpc) is 3.10. The number of piperidine rings is 1. The fourth-order valence-corrected chi connectivity index (χ4v) is 3.62. The SMILES string of the molecule is Cc1ccc(-c2cc(C(=O)N3CCC[C@H](CNS(C)(=O)=O)C3)on2)cc1. The van der Waals surface area contributed by atoms with Crippen LogP contribution in [-0.4, -0.2) is 50.3 Å². The number of aryl methyl sites for hydroxylation is 1. The minimum absolute atomic E-state index is 0.0990. The molecule has 1 aliphatic rings. The highest BCUT2D eigenvalue weighted by atomic mass is 32.2. The summed E-state index contributed by atoms with van der Waals surface area (Å²) in [4.78, 5) is 14.4. The van der Waals surface area contributed by atoms with E-state index in [1.54, 1.807) is 11.0 Å². The Morgan fingerprint density at radius 2 is 2.08 bits per heavy atom. The quantitative estimate of drug-likeness (QED) is 0.861. The van der Waals surface area contributed by atoms with Gasteiger partial charge in [0.05, 0.1) is 6.26 Å². The van der Waals surface area contributed by atoms with Crippen LogP contribution in [-0.2, 0) is 10.0 Å². The number of nitrogens with one attached hydrogen (secondary N) is 1. The van der Waals surface area contributed by atoms with Crippen molar-refractivity contribution in [3.63, 3.8) is 0 Å². The molecule has 1 fully saturated rings. The van der Waals surface area contributed by atoms with Crippen molar-refractivity contribution in [3.8, 4) is 11.3 Å². The Hall–Kier alpha value is -2.19. The smallest absolute Gasteiger partial charge is 0.292 e. The maximum absolute atomic E-state index is 12.7. The highest BCUT2D eigenvalue weighted by Crippen LogP contribution is 2.22. The van der Waals surface area contributed by atoms with Gasteiger partial charge in [-0.25, -0.2) is 13.1 Å². The number of nitrogens with zero attached hydrogens (tertiary/aromatic N) is 2. The average molecular weight is 377 g/mol. The second-order valence-corrected chi connectivity index (χ2v) is 8.66. The van der Waals surface area contributed by atoms with Gasteiger partial charge in [0.1, 0.15) is 5.69 Å². The van der Waals surface area contributed by atoms with Crippen molar-refractivity contribution in [1.29, 1.82) is 0 Å².